The minimum Gasteiger partial charge on any atom is -0.268 e. The van der Waals surface area contributed by atoms with Crippen molar-refractivity contribution in [2.75, 3.05) is 0 Å². The van der Waals surface area contributed by atoms with E-state index in [1.165, 1.54) is 48.2 Å². The third kappa shape index (κ3) is 5.44. The second-order valence-corrected chi connectivity index (χ2v) is 9.48. The van der Waals surface area contributed by atoms with Gasteiger partial charge >= 0.3 is 0 Å². The summed E-state index contributed by atoms with van der Waals surface area (Å²) >= 11 is 7.87. The summed E-state index contributed by atoms with van der Waals surface area (Å²) < 4.78 is 13.1. The second kappa shape index (κ2) is 9.78. The van der Waals surface area contributed by atoms with E-state index in [0.29, 0.717) is 21.0 Å². The molecule has 0 bridgehead atoms. The highest BCUT2D eigenvalue weighted by molar-refractivity contribution is 8.18. The zero-order valence-corrected chi connectivity index (χ0v) is 19.1. The molecule has 1 fully saturated rings. The summed E-state index contributed by atoms with van der Waals surface area (Å²) in [4.78, 5) is 38.7. The molecule has 2 amide bonds. The van der Waals surface area contributed by atoms with Gasteiger partial charge in [0, 0.05) is 16.0 Å². The number of amides is 2. The number of halogens is 2. The number of hydrogen-bond acceptors (Lipinski definition) is 6. The Balaban J connectivity index is 1.56. The van der Waals surface area contributed by atoms with Crippen LogP contribution in [0.3, 0.4) is 0 Å². The summed E-state index contributed by atoms with van der Waals surface area (Å²) in [5.74, 6) is -0.913. The van der Waals surface area contributed by atoms with E-state index >= 15 is 0 Å². The first kappa shape index (κ1) is 23.0. The van der Waals surface area contributed by atoms with Crippen LogP contribution < -0.4 is 0 Å². The van der Waals surface area contributed by atoms with Crippen molar-refractivity contribution in [3.63, 3.8) is 0 Å². The van der Waals surface area contributed by atoms with E-state index in [2.05, 4.69) is 0 Å². The summed E-state index contributed by atoms with van der Waals surface area (Å²) in [7, 11) is 0. The molecule has 1 saturated heterocycles. The standard InChI is InChI=1S/C23H14ClFN2O4S2/c24-16-4-8-18(9-5-16)32-20-10-3-15(11-19(20)27(30)31)12-21-22(28)26(23(29)33-21)13-14-1-6-17(25)7-2-14/h1-12H,13H2/b21-12-. The lowest BCUT2D eigenvalue weighted by Gasteiger charge is -2.12. The molecule has 33 heavy (non-hydrogen) atoms. The molecule has 3 aromatic carbocycles. The predicted molar refractivity (Wildman–Crippen MR) is 127 cm³/mol. The third-order valence-corrected chi connectivity index (χ3v) is 6.88. The molecule has 1 aliphatic rings. The molecule has 166 valence electrons. The molecule has 0 N–H and O–H groups in total. The van der Waals surface area contributed by atoms with Gasteiger partial charge in [-0.1, -0.05) is 41.6 Å². The van der Waals surface area contributed by atoms with Gasteiger partial charge in [0.1, 0.15) is 5.82 Å². The Bertz CT molecular complexity index is 1280. The van der Waals surface area contributed by atoms with Crippen molar-refractivity contribution in [3.05, 3.63) is 104 Å². The van der Waals surface area contributed by atoms with Gasteiger partial charge < -0.3 is 0 Å². The number of carbonyl (C=O) groups excluding carboxylic acids is 2. The quantitative estimate of drug-likeness (QED) is 0.211. The van der Waals surface area contributed by atoms with Crippen molar-refractivity contribution in [2.45, 2.75) is 16.3 Å². The van der Waals surface area contributed by atoms with Crippen LogP contribution in [-0.4, -0.2) is 21.0 Å². The summed E-state index contributed by atoms with van der Waals surface area (Å²) in [5, 5.41) is 11.7. The lowest BCUT2D eigenvalue weighted by Crippen LogP contribution is -2.27. The normalized spacial score (nSPS) is 14.8. The van der Waals surface area contributed by atoms with Gasteiger partial charge in [-0.05, 0) is 71.4 Å². The van der Waals surface area contributed by atoms with Crippen LogP contribution in [0.2, 0.25) is 5.02 Å². The molecule has 0 spiro atoms. The largest absolute Gasteiger partial charge is 0.293 e. The first-order valence-electron chi connectivity index (χ1n) is 9.52. The van der Waals surface area contributed by atoms with Crippen LogP contribution in [0.1, 0.15) is 11.1 Å². The molecule has 0 radical (unpaired) electrons. The van der Waals surface area contributed by atoms with Crippen molar-refractivity contribution >= 4 is 58.0 Å². The van der Waals surface area contributed by atoms with Gasteiger partial charge in [-0.25, -0.2) is 4.39 Å². The van der Waals surface area contributed by atoms with Gasteiger partial charge in [0.25, 0.3) is 16.8 Å². The SMILES string of the molecule is O=C1S/C(=C\c2ccc(Sc3ccc(Cl)cc3)c([N+](=O)[O-])c2)C(=O)N1Cc1ccc(F)cc1. The van der Waals surface area contributed by atoms with Crippen molar-refractivity contribution in [1.29, 1.82) is 0 Å². The van der Waals surface area contributed by atoms with E-state index in [1.807, 2.05) is 0 Å². The van der Waals surface area contributed by atoms with Gasteiger partial charge in [-0.15, -0.1) is 0 Å². The highest BCUT2D eigenvalue weighted by Crippen LogP contribution is 2.38. The van der Waals surface area contributed by atoms with Crippen molar-refractivity contribution in [1.82, 2.24) is 4.90 Å². The van der Waals surface area contributed by atoms with Crippen LogP contribution in [0.15, 0.2) is 81.4 Å². The van der Waals surface area contributed by atoms with Crippen LogP contribution in [0.25, 0.3) is 6.08 Å². The average molecular weight is 501 g/mol. The molecule has 0 aliphatic carbocycles. The molecule has 1 aliphatic heterocycles. The Kier molecular flexibility index (Phi) is 6.83. The minimum atomic E-state index is -0.503. The van der Waals surface area contributed by atoms with Crippen LogP contribution in [0.4, 0.5) is 14.9 Å². The maximum atomic E-state index is 13.1. The first-order chi connectivity index (χ1) is 15.8. The van der Waals surface area contributed by atoms with E-state index in [1.54, 1.807) is 36.4 Å². The van der Waals surface area contributed by atoms with Gasteiger partial charge in [0.05, 0.1) is 21.3 Å². The van der Waals surface area contributed by atoms with Gasteiger partial charge in [-0.3, -0.25) is 24.6 Å². The zero-order chi connectivity index (χ0) is 23.5. The Morgan fingerprint density at radius 1 is 1.06 bits per heavy atom. The van der Waals surface area contributed by atoms with Crippen LogP contribution in [0, 0.1) is 15.9 Å². The maximum absolute atomic E-state index is 13.1. The Hall–Kier alpha value is -3.14. The highest BCUT2D eigenvalue weighted by atomic mass is 35.5. The number of nitro groups is 1. The van der Waals surface area contributed by atoms with Crippen LogP contribution in [0.5, 0.6) is 0 Å². The fourth-order valence-corrected chi connectivity index (χ4v) is 4.91. The number of rotatable bonds is 6. The molecule has 0 saturated carbocycles. The van der Waals surface area contributed by atoms with Crippen LogP contribution in [-0.2, 0) is 11.3 Å². The van der Waals surface area contributed by atoms with E-state index < -0.39 is 21.9 Å². The number of nitrogens with zero attached hydrogens (tertiary/aromatic N) is 2. The molecule has 4 rings (SSSR count). The fraction of sp³-hybridized carbons (Fsp3) is 0.0435. The first-order valence-corrected chi connectivity index (χ1v) is 11.5. The average Bonchev–Trinajstić information content (AvgIpc) is 3.05. The lowest BCUT2D eigenvalue weighted by atomic mass is 10.1. The zero-order valence-electron chi connectivity index (χ0n) is 16.7. The van der Waals surface area contributed by atoms with E-state index in [-0.39, 0.29) is 17.1 Å². The molecular formula is C23H14ClFN2O4S2. The van der Waals surface area contributed by atoms with Gasteiger partial charge in [0.2, 0.25) is 0 Å². The van der Waals surface area contributed by atoms with Gasteiger partial charge in [-0.2, -0.15) is 0 Å². The summed E-state index contributed by atoms with van der Waals surface area (Å²) in [6.07, 6.45) is 1.46. The molecule has 0 aromatic heterocycles. The molecule has 6 nitrogen and oxygen atoms in total. The van der Waals surface area contributed by atoms with E-state index in [0.717, 1.165) is 21.6 Å². The predicted octanol–water partition coefficient (Wildman–Crippen LogP) is 6.78. The molecule has 0 unspecified atom stereocenters. The van der Waals surface area contributed by atoms with Crippen molar-refractivity contribution < 1.29 is 18.9 Å². The monoisotopic (exact) mass is 500 g/mol. The Morgan fingerprint density at radius 3 is 2.42 bits per heavy atom. The maximum Gasteiger partial charge on any atom is 0.293 e. The van der Waals surface area contributed by atoms with Crippen LogP contribution >= 0.6 is 35.1 Å². The fourth-order valence-electron chi connectivity index (χ4n) is 3.04. The summed E-state index contributed by atoms with van der Waals surface area (Å²) in [6, 6.07) is 17.1. The number of benzene rings is 3. The van der Waals surface area contributed by atoms with E-state index in [4.69, 9.17) is 11.6 Å². The Morgan fingerprint density at radius 2 is 1.76 bits per heavy atom. The number of hydrogen-bond donors (Lipinski definition) is 0. The highest BCUT2D eigenvalue weighted by Gasteiger charge is 2.35. The second-order valence-electron chi connectivity index (χ2n) is 6.93. The Labute approximate surface area is 201 Å². The number of carbonyl (C=O) groups is 2. The molecule has 0 atom stereocenters. The lowest BCUT2D eigenvalue weighted by molar-refractivity contribution is -0.387. The van der Waals surface area contributed by atoms with E-state index in [9.17, 15) is 24.1 Å². The topological polar surface area (TPSA) is 80.5 Å². The number of nitro benzene ring substituents is 1. The third-order valence-electron chi connectivity index (χ3n) is 4.65. The minimum absolute atomic E-state index is 0.0130. The molecule has 10 heteroatoms. The smallest absolute Gasteiger partial charge is 0.268 e. The summed E-state index contributed by atoms with van der Waals surface area (Å²) in [5.41, 5.74) is 0.919. The number of imide groups is 1. The summed E-state index contributed by atoms with van der Waals surface area (Å²) in [6.45, 7) is 0.0130. The van der Waals surface area contributed by atoms with Crippen molar-refractivity contribution in [2.24, 2.45) is 0 Å². The van der Waals surface area contributed by atoms with Crippen molar-refractivity contribution in [3.8, 4) is 0 Å². The number of thioether (sulfide) groups is 1. The van der Waals surface area contributed by atoms with Gasteiger partial charge in [0.15, 0.2) is 0 Å². The molecule has 1 heterocycles. The molecular weight excluding hydrogens is 487 g/mol. The molecule has 3 aromatic rings.